The summed E-state index contributed by atoms with van der Waals surface area (Å²) >= 11 is 0. The monoisotopic (exact) mass is 577 g/mol. The lowest BCUT2D eigenvalue weighted by molar-refractivity contribution is 0.223. The number of anilines is 1. The van der Waals surface area contributed by atoms with Crippen LogP contribution in [0.3, 0.4) is 0 Å². The van der Waals surface area contributed by atoms with E-state index in [2.05, 4.69) is 26.8 Å². The van der Waals surface area contributed by atoms with Crippen LogP contribution in [-0.2, 0) is 6.42 Å². The molecule has 0 aliphatic heterocycles. The number of hydrogen-bond donors (Lipinski definition) is 3. The van der Waals surface area contributed by atoms with Crippen molar-refractivity contribution in [3.05, 3.63) is 71.7 Å². The number of halogens is 2. The molecule has 0 saturated heterocycles. The van der Waals surface area contributed by atoms with E-state index in [0.29, 0.717) is 48.3 Å². The fraction of sp³-hybridized carbons (Fsp3) is 0.292. The summed E-state index contributed by atoms with van der Waals surface area (Å²) in [4.78, 5) is 4.20. The predicted molar refractivity (Wildman–Crippen MR) is 142 cm³/mol. The zero-order valence-electron chi connectivity index (χ0n) is 19.2. The molecule has 0 spiro atoms. The summed E-state index contributed by atoms with van der Waals surface area (Å²) in [5.41, 5.74) is 8.04. The molecule has 0 aliphatic carbocycles. The molecule has 1 unspecified atom stereocenters. The molecule has 0 fully saturated rings. The van der Waals surface area contributed by atoms with E-state index < -0.39 is 0 Å². The Labute approximate surface area is 216 Å². The number of para-hydroxylation sites is 1. The predicted octanol–water partition coefficient (Wildman–Crippen LogP) is 3.65. The number of aromatic nitrogens is 2. The molecular weight excluding hydrogens is 548 g/mol. The molecule has 1 aromatic heterocycles. The molecule has 2 aromatic carbocycles. The average molecular weight is 577 g/mol. The largest absolute Gasteiger partial charge is 0.489 e. The second-order valence-corrected chi connectivity index (χ2v) is 7.44. The minimum Gasteiger partial charge on any atom is -0.489 e. The molecule has 0 amide bonds. The first kappa shape index (κ1) is 26.9. The van der Waals surface area contributed by atoms with Gasteiger partial charge in [-0.15, -0.1) is 24.0 Å². The number of benzene rings is 2. The van der Waals surface area contributed by atoms with E-state index in [-0.39, 0.29) is 35.9 Å². The Kier molecular flexibility index (Phi) is 10.6. The lowest BCUT2D eigenvalue weighted by Crippen LogP contribution is -2.42. The quantitative estimate of drug-likeness (QED) is 0.155. The van der Waals surface area contributed by atoms with Crippen molar-refractivity contribution in [1.29, 1.82) is 5.26 Å². The number of ether oxygens (including phenoxy) is 1. The van der Waals surface area contributed by atoms with Gasteiger partial charge in [-0.3, -0.25) is 4.99 Å². The van der Waals surface area contributed by atoms with Gasteiger partial charge in [-0.05, 0) is 44.0 Å². The molecule has 0 aliphatic rings. The van der Waals surface area contributed by atoms with Gasteiger partial charge in [0.25, 0.3) is 0 Å². The van der Waals surface area contributed by atoms with E-state index in [1.165, 1.54) is 12.1 Å². The number of nitriles is 1. The molecule has 1 atom stereocenters. The lowest BCUT2D eigenvalue weighted by Gasteiger charge is -2.17. The van der Waals surface area contributed by atoms with Gasteiger partial charge >= 0.3 is 0 Å². The molecule has 3 rings (SSSR count). The molecule has 4 N–H and O–H groups in total. The second kappa shape index (κ2) is 13.4. The molecule has 10 heteroatoms. The first-order valence-corrected chi connectivity index (χ1v) is 10.7. The number of hydrogen-bond acceptors (Lipinski definition) is 5. The normalized spacial score (nSPS) is 11.8. The number of nitrogens with two attached hydrogens (primary N) is 1. The third-order valence-electron chi connectivity index (χ3n) is 4.90. The van der Waals surface area contributed by atoms with Crippen molar-refractivity contribution in [2.45, 2.75) is 25.9 Å². The van der Waals surface area contributed by atoms with Crippen LogP contribution >= 0.6 is 24.0 Å². The number of nitrogens with one attached hydrogen (secondary N) is 2. The smallest absolute Gasteiger partial charge is 0.191 e. The summed E-state index contributed by atoms with van der Waals surface area (Å²) < 4.78 is 20.6. The highest BCUT2D eigenvalue weighted by molar-refractivity contribution is 14.0. The SMILES string of the molecule is CN=C(NCCCc1nn(-c2ccccc2)c(N)c1C#N)NCC(C)Oc1cccc(F)c1.I. The summed E-state index contributed by atoms with van der Waals surface area (Å²) in [6.45, 7) is 3.01. The van der Waals surface area contributed by atoms with Crippen LogP contribution < -0.4 is 21.1 Å². The van der Waals surface area contributed by atoms with Crippen molar-refractivity contribution in [2.24, 2.45) is 4.99 Å². The topological polar surface area (TPSA) is 113 Å². The van der Waals surface area contributed by atoms with Gasteiger partial charge in [0, 0.05) is 19.7 Å². The van der Waals surface area contributed by atoms with E-state index in [1.54, 1.807) is 23.9 Å². The van der Waals surface area contributed by atoms with E-state index in [4.69, 9.17) is 10.5 Å². The van der Waals surface area contributed by atoms with Gasteiger partial charge in [0.1, 0.15) is 35.1 Å². The summed E-state index contributed by atoms with van der Waals surface area (Å²) in [6, 6.07) is 17.7. The summed E-state index contributed by atoms with van der Waals surface area (Å²) in [6.07, 6.45) is 1.14. The fourth-order valence-corrected chi connectivity index (χ4v) is 3.28. The van der Waals surface area contributed by atoms with Gasteiger partial charge in [0.15, 0.2) is 5.96 Å². The Balaban J connectivity index is 0.00000408. The minimum absolute atomic E-state index is 0. The van der Waals surface area contributed by atoms with E-state index in [9.17, 15) is 9.65 Å². The van der Waals surface area contributed by atoms with Crippen LogP contribution in [0.1, 0.15) is 24.6 Å². The third kappa shape index (κ3) is 7.34. The molecule has 3 aromatic rings. The Morgan fingerprint density at radius 2 is 2.00 bits per heavy atom. The molecule has 1 heterocycles. The van der Waals surface area contributed by atoms with Crippen molar-refractivity contribution >= 4 is 35.8 Å². The first-order valence-electron chi connectivity index (χ1n) is 10.7. The first-order chi connectivity index (χ1) is 16.0. The highest BCUT2D eigenvalue weighted by Gasteiger charge is 2.16. The molecule has 8 nitrogen and oxygen atoms in total. The van der Waals surface area contributed by atoms with Crippen molar-refractivity contribution in [1.82, 2.24) is 20.4 Å². The van der Waals surface area contributed by atoms with Crippen LogP contribution in [0, 0.1) is 17.1 Å². The lowest BCUT2D eigenvalue weighted by atomic mass is 10.1. The molecule has 0 bridgehead atoms. The van der Waals surface area contributed by atoms with Crippen LogP contribution in [0.5, 0.6) is 5.75 Å². The Hall–Kier alpha value is -3.33. The average Bonchev–Trinajstić information content (AvgIpc) is 3.14. The zero-order chi connectivity index (χ0) is 23.6. The number of guanidine groups is 1. The Morgan fingerprint density at radius 3 is 2.68 bits per heavy atom. The number of aliphatic imine (C=N–C) groups is 1. The van der Waals surface area contributed by atoms with Crippen molar-refractivity contribution < 1.29 is 9.13 Å². The molecule has 0 radical (unpaired) electrons. The molecular formula is C24H29FIN7O. The van der Waals surface area contributed by atoms with Crippen molar-refractivity contribution in [3.8, 4) is 17.5 Å². The van der Waals surface area contributed by atoms with Crippen LogP contribution in [0.25, 0.3) is 5.69 Å². The third-order valence-corrected chi connectivity index (χ3v) is 4.90. The Morgan fingerprint density at radius 1 is 1.24 bits per heavy atom. The number of rotatable bonds is 9. The summed E-state index contributed by atoms with van der Waals surface area (Å²) in [5.74, 6) is 1.12. The minimum atomic E-state index is -0.333. The highest BCUT2D eigenvalue weighted by Crippen LogP contribution is 2.21. The van der Waals surface area contributed by atoms with Crippen LogP contribution in [-0.4, -0.2) is 42.0 Å². The standard InChI is InChI=1S/C24H28FN7O.HI/c1-17(33-20-11-6-8-18(25)14-20)16-30-24(28-2)29-13-7-12-22-21(15-26)23(27)32(31-22)19-9-4-3-5-10-19;/h3-6,8-11,14,17H,7,12-13,16,27H2,1-2H3,(H2,28,29,30);1H. The van der Waals surface area contributed by atoms with Crippen LogP contribution in [0.15, 0.2) is 59.6 Å². The molecule has 180 valence electrons. The van der Waals surface area contributed by atoms with Crippen LogP contribution in [0.4, 0.5) is 10.2 Å². The van der Waals surface area contributed by atoms with Gasteiger partial charge in [-0.25, -0.2) is 9.07 Å². The van der Waals surface area contributed by atoms with Gasteiger partial charge in [0.2, 0.25) is 0 Å². The summed E-state index contributed by atoms with van der Waals surface area (Å²) in [5, 5.41) is 20.5. The number of aryl methyl sites for hydroxylation is 1. The van der Waals surface area contributed by atoms with Gasteiger partial charge in [0.05, 0.1) is 17.9 Å². The van der Waals surface area contributed by atoms with E-state index in [1.807, 2.05) is 37.3 Å². The van der Waals surface area contributed by atoms with Crippen molar-refractivity contribution in [3.63, 3.8) is 0 Å². The van der Waals surface area contributed by atoms with Gasteiger partial charge < -0.3 is 21.1 Å². The van der Waals surface area contributed by atoms with Gasteiger partial charge in [-0.2, -0.15) is 10.4 Å². The molecule has 34 heavy (non-hydrogen) atoms. The number of nitrogen functional groups attached to an aromatic ring is 1. The Bertz CT molecular complexity index is 1130. The van der Waals surface area contributed by atoms with Crippen molar-refractivity contribution in [2.75, 3.05) is 25.9 Å². The fourth-order valence-electron chi connectivity index (χ4n) is 3.28. The number of nitrogens with zero attached hydrogens (tertiary/aromatic N) is 4. The second-order valence-electron chi connectivity index (χ2n) is 7.44. The maximum Gasteiger partial charge on any atom is 0.191 e. The molecule has 0 saturated carbocycles. The van der Waals surface area contributed by atoms with Gasteiger partial charge in [-0.1, -0.05) is 24.3 Å². The van der Waals surface area contributed by atoms with Crippen LogP contribution in [0.2, 0.25) is 0 Å². The maximum atomic E-state index is 13.3. The highest BCUT2D eigenvalue weighted by atomic mass is 127. The maximum absolute atomic E-state index is 13.3. The summed E-state index contributed by atoms with van der Waals surface area (Å²) in [7, 11) is 1.68. The van der Waals surface area contributed by atoms with E-state index in [0.717, 1.165) is 12.1 Å². The van der Waals surface area contributed by atoms with E-state index >= 15 is 0 Å². The zero-order valence-corrected chi connectivity index (χ0v) is 21.5.